The summed E-state index contributed by atoms with van der Waals surface area (Å²) in [6.45, 7) is 13.3. The predicted molar refractivity (Wildman–Crippen MR) is 158 cm³/mol. The number of ether oxygens (including phenoxy) is 1. The smallest absolute Gasteiger partial charge is 0.311 e. The number of aryl methyl sites for hydroxylation is 1. The van der Waals surface area contributed by atoms with Crippen molar-refractivity contribution in [1.29, 1.82) is 0 Å². The van der Waals surface area contributed by atoms with Crippen LogP contribution in [-0.4, -0.2) is 25.5 Å². The monoisotopic (exact) mass is 574 g/mol. The molecule has 6 nitrogen and oxygen atoms in total. The van der Waals surface area contributed by atoms with E-state index in [-0.39, 0.29) is 10.9 Å². The highest BCUT2D eigenvalue weighted by Gasteiger charge is 2.32. The Kier molecular flexibility index (Phi) is 6.97. The lowest BCUT2D eigenvalue weighted by molar-refractivity contribution is -0.150. The fraction of sp³-hybridized carbons (Fsp3) is 0.200. The van der Waals surface area contributed by atoms with Crippen molar-refractivity contribution in [3.8, 4) is 21.7 Å². The maximum Gasteiger partial charge on any atom is 0.311 e. The van der Waals surface area contributed by atoms with E-state index in [1.54, 1.807) is 30.3 Å². The van der Waals surface area contributed by atoms with Crippen LogP contribution in [0.5, 0.6) is 0 Å². The second-order valence-corrected chi connectivity index (χ2v) is 13.7. The number of nitrogens with zero attached hydrogens (tertiary/aromatic N) is 2. The molecule has 39 heavy (non-hydrogen) atoms. The first-order valence-electron chi connectivity index (χ1n) is 12.2. The maximum absolute atomic E-state index is 14.3. The van der Waals surface area contributed by atoms with E-state index in [2.05, 4.69) is 4.85 Å². The SMILES string of the molecule is [C-]#[N+]c1sccc1-c1c(-c2ccc(CC(C)(C)C(=O)OC)s2)n(S(=O)(=O)c2ccc(C)cc2)c2ccccc12. The molecule has 3 aromatic heterocycles. The number of aromatic nitrogens is 1. The number of rotatable bonds is 7. The highest BCUT2D eigenvalue weighted by Crippen LogP contribution is 2.49. The van der Waals surface area contributed by atoms with Gasteiger partial charge in [-0.1, -0.05) is 42.0 Å². The molecule has 9 heteroatoms. The summed E-state index contributed by atoms with van der Waals surface area (Å²) in [5.41, 5.74) is 2.66. The molecule has 198 valence electrons. The summed E-state index contributed by atoms with van der Waals surface area (Å²) in [5, 5.41) is 3.10. The molecule has 0 amide bonds. The van der Waals surface area contributed by atoms with E-state index < -0.39 is 15.4 Å². The maximum atomic E-state index is 14.3. The average molecular weight is 575 g/mol. The van der Waals surface area contributed by atoms with E-state index in [9.17, 15) is 13.2 Å². The van der Waals surface area contributed by atoms with Gasteiger partial charge in [0, 0.05) is 21.4 Å². The number of carbonyl (C=O) groups excluding carboxylic acids is 1. The number of esters is 1. The van der Waals surface area contributed by atoms with Gasteiger partial charge in [0.1, 0.15) is 0 Å². The number of methoxy groups -OCH3 is 1. The van der Waals surface area contributed by atoms with Crippen molar-refractivity contribution in [3.05, 3.63) is 94.0 Å². The second kappa shape index (κ2) is 10.1. The fourth-order valence-corrected chi connectivity index (χ4v) is 8.29. The van der Waals surface area contributed by atoms with E-state index in [1.807, 2.05) is 62.5 Å². The number of hydrogen-bond donors (Lipinski definition) is 0. The molecule has 5 aromatic rings. The zero-order valence-corrected chi connectivity index (χ0v) is 24.3. The van der Waals surface area contributed by atoms with Gasteiger partial charge in [-0.25, -0.2) is 17.2 Å². The van der Waals surface area contributed by atoms with E-state index in [0.29, 0.717) is 33.8 Å². The Morgan fingerprint density at radius 1 is 1.05 bits per heavy atom. The van der Waals surface area contributed by atoms with Crippen molar-refractivity contribution in [2.45, 2.75) is 32.1 Å². The van der Waals surface area contributed by atoms with E-state index in [4.69, 9.17) is 11.3 Å². The third-order valence-electron chi connectivity index (χ3n) is 6.66. The number of fused-ring (bicyclic) bond motifs is 1. The zero-order chi connectivity index (χ0) is 27.9. The van der Waals surface area contributed by atoms with Crippen molar-refractivity contribution >= 4 is 54.6 Å². The molecule has 0 fully saturated rings. The van der Waals surface area contributed by atoms with Gasteiger partial charge in [-0.05, 0) is 62.9 Å². The molecule has 0 unspecified atom stereocenters. The third-order valence-corrected chi connectivity index (χ3v) is 10.3. The van der Waals surface area contributed by atoms with Gasteiger partial charge in [0.25, 0.3) is 10.0 Å². The fourth-order valence-electron chi connectivity index (χ4n) is 4.74. The van der Waals surface area contributed by atoms with Crippen molar-refractivity contribution in [2.24, 2.45) is 5.41 Å². The summed E-state index contributed by atoms with van der Waals surface area (Å²) in [4.78, 5) is 17.9. The predicted octanol–water partition coefficient (Wildman–Crippen LogP) is 7.94. The second-order valence-electron chi connectivity index (χ2n) is 9.89. The quantitative estimate of drug-likeness (QED) is 0.146. The molecule has 0 aliphatic carbocycles. The molecular formula is C30H26N2O4S3. The summed E-state index contributed by atoms with van der Waals surface area (Å²) < 4.78 is 35.0. The Hall–Kier alpha value is -3.71. The van der Waals surface area contributed by atoms with Gasteiger partial charge in [0.05, 0.1) is 40.1 Å². The molecule has 0 spiro atoms. The highest BCUT2D eigenvalue weighted by molar-refractivity contribution is 7.90. The van der Waals surface area contributed by atoms with Gasteiger partial charge in [0.15, 0.2) is 0 Å². The first-order chi connectivity index (χ1) is 18.6. The standard InChI is InChI=1S/C30H26N2O4S3/c1-19-10-13-21(14-11-19)39(34,35)32-24-9-7-6-8-22(24)26(23-16-17-37-28(23)31-4)27(32)25-15-12-20(38-25)18-30(2,3)29(33)36-5/h6-17H,18H2,1-3,5H3. The lowest BCUT2D eigenvalue weighted by Gasteiger charge is -2.20. The van der Waals surface area contributed by atoms with Gasteiger partial charge < -0.3 is 4.74 Å². The minimum atomic E-state index is -4.02. The molecule has 3 heterocycles. The molecule has 0 radical (unpaired) electrons. The summed E-state index contributed by atoms with van der Waals surface area (Å²) in [7, 11) is -2.64. The summed E-state index contributed by atoms with van der Waals surface area (Å²) in [6, 6.07) is 19.9. The Morgan fingerprint density at radius 2 is 1.77 bits per heavy atom. The van der Waals surface area contributed by atoms with Crippen LogP contribution in [0.25, 0.3) is 37.4 Å². The van der Waals surface area contributed by atoms with Crippen molar-refractivity contribution < 1.29 is 17.9 Å². The van der Waals surface area contributed by atoms with E-state index in [1.165, 1.54) is 33.8 Å². The van der Waals surface area contributed by atoms with Crippen LogP contribution in [0.3, 0.4) is 0 Å². The van der Waals surface area contributed by atoms with Crippen LogP contribution in [0.4, 0.5) is 5.00 Å². The number of para-hydroxylation sites is 1. The molecule has 0 atom stereocenters. The number of hydrogen-bond acceptors (Lipinski definition) is 6. The lowest BCUT2D eigenvalue weighted by Crippen LogP contribution is -2.27. The number of thiophene rings is 2. The molecule has 0 N–H and O–H groups in total. The van der Waals surface area contributed by atoms with Crippen LogP contribution in [0.2, 0.25) is 0 Å². The topological polar surface area (TPSA) is 69.7 Å². The molecule has 5 rings (SSSR count). The molecular weight excluding hydrogens is 549 g/mol. The van der Waals surface area contributed by atoms with Gasteiger partial charge in [-0.2, -0.15) is 11.3 Å². The number of carbonyl (C=O) groups is 1. The zero-order valence-electron chi connectivity index (χ0n) is 21.9. The Balaban J connectivity index is 1.83. The molecule has 0 aliphatic rings. The first kappa shape index (κ1) is 26.9. The van der Waals surface area contributed by atoms with E-state index >= 15 is 0 Å². The van der Waals surface area contributed by atoms with Gasteiger partial charge in [-0.15, -0.1) is 11.3 Å². The molecule has 0 bridgehead atoms. The van der Waals surface area contributed by atoms with Crippen molar-refractivity contribution in [3.63, 3.8) is 0 Å². The van der Waals surface area contributed by atoms with Gasteiger partial charge in [-0.3, -0.25) is 4.79 Å². The van der Waals surface area contributed by atoms with E-state index in [0.717, 1.165) is 20.7 Å². The minimum Gasteiger partial charge on any atom is -0.469 e. The Morgan fingerprint density at radius 3 is 2.46 bits per heavy atom. The first-order valence-corrected chi connectivity index (χ1v) is 15.3. The summed E-state index contributed by atoms with van der Waals surface area (Å²) in [5.74, 6) is -0.311. The lowest BCUT2D eigenvalue weighted by atomic mass is 9.89. The van der Waals surface area contributed by atoms with Crippen LogP contribution < -0.4 is 0 Å². The van der Waals surface area contributed by atoms with Gasteiger partial charge >= 0.3 is 5.97 Å². The van der Waals surface area contributed by atoms with Crippen LogP contribution in [0.15, 0.2) is 77.0 Å². The third kappa shape index (κ3) is 4.69. The molecule has 0 saturated carbocycles. The summed E-state index contributed by atoms with van der Waals surface area (Å²) >= 11 is 2.77. The van der Waals surface area contributed by atoms with Crippen LogP contribution in [0, 0.1) is 18.9 Å². The minimum absolute atomic E-state index is 0.181. The van der Waals surface area contributed by atoms with Crippen LogP contribution >= 0.6 is 22.7 Å². The highest BCUT2D eigenvalue weighted by atomic mass is 32.2. The Labute approximate surface area is 236 Å². The van der Waals surface area contributed by atoms with Crippen LogP contribution in [0.1, 0.15) is 24.3 Å². The van der Waals surface area contributed by atoms with Crippen LogP contribution in [-0.2, 0) is 26.0 Å². The molecule has 0 saturated heterocycles. The van der Waals surface area contributed by atoms with Gasteiger partial charge in [0.2, 0.25) is 5.00 Å². The largest absolute Gasteiger partial charge is 0.469 e. The molecule has 2 aromatic carbocycles. The Bertz CT molecular complexity index is 1850. The number of benzene rings is 2. The normalized spacial score (nSPS) is 12.0. The molecule has 0 aliphatic heterocycles. The summed E-state index contributed by atoms with van der Waals surface area (Å²) in [6.07, 6.45) is 0.441. The average Bonchev–Trinajstić information content (AvgIpc) is 3.64. The van der Waals surface area contributed by atoms with Crippen molar-refractivity contribution in [1.82, 2.24) is 3.97 Å². The van der Waals surface area contributed by atoms with Crippen molar-refractivity contribution in [2.75, 3.05) is 7.11 Å².